The lowest BCUT2D eigenvalue weighted by Gasteiger charge is -2.47. The minimum Gasteiger partial charge on any atom is -0.349 e. The molecule has 0 radical (unpaired) electrons. The van der Waals surface area contributed by atoms with E-state index in [-0.39, 0.29) is 23.2 Å². The predicted octanol–water partition coefficient (Wildman–Crippen LogP) is 7.10. The lowest BCUT2D eigenvalue weighted by molar-refractivity contribution is -0.176. The van der Waals surface area contributed by atoms with E-state index in [1.54, 1.807) is 0 Å². The molecule has 0 aromatic rings. The monoisotopic (exact) mass is 450 g/mol. The summed E-state index contributed by atoms with van der Waals surface area (Å²) in [4.78, 5) is 0. The molecule has 0 N–H and O–H groups in total. The van der Waals surface area contributed by atoms with Crippen LogP contribution in [-0.2, 0) is 9.47 Å². The minimum atomic E-state index is -1.68. The Morgan fingerprint density at radius 1 is 0.964 bits per heavy atom. The molecule has 0 bridgehead atoms. The zero-order chi connectivity index (χ0) is 22.2. The molecule has 2 nitrogen and oxygen atoms in total. The fraction of sp³-hybridized carbons (Fsp3) is 0.870. The molecule has 2 unspecified atom stereocenters. The Morgan fingerprint density at radius 2 is 1.46 bits per heavy atom. The number of rotatable bonds is 10. The number of ether oxygens (including phenoxy) is 2. The fourth-order valence-electron chi connectivity index (χ4n) is 3.88. The third-order valence-corrected chi connectivity index (χ3v) is 23.9. The molecule has 1 fully saturated rings. The Bertz CT molecular complexity index is 669. The second-order valence-corrected chi connectivity index (χ2v) is 24.1. The number of hydrogen-bond donors (Lipinski definition) is 0. The van der Waals surface area contributed by atoms with E-state index in [9.17, 15) is 0 Å². The molecule has 1 rings (SSSR count). The van der Waals surface area contributed by atoms with Gasteiger partial charge in [0, 0.05) is 5.92 Å². The van der Waals surface area contributed by atoms with Crippen LogP contribution < -0.4 is 0 Å². The standard InChI is InChI=1S/C23H49O2P3/c1-14-26(10,11)17-28(13,18-27(12,15-2)16-3)23(8,9)25-21-19(4)22(6,7)20(5)24-21/h19-21H,10,12-18H2,1-9,11H3/t19-,20+,21-,26?,28?/m1/s1. The van der Waals surface area contributed by atoms with Crippen LogP contribution in [0.2, 0.25) is 0 Å². The third-order valence-electron chi connectivity index (χ3n) is 7.80. The van der Waals surface area contributed by atoms with Gasteiger partial charge in [0.2, 0.25) is 0 Å². The van der Waals surface area contributed by atoms with Crippen LogP contribution in [0.25, 0.3) is 0 Å². The molecule has 0 aromatic heterocycles. The maximum absolute atomic E-state index is 6.85. The zero-order valence-corrected chi connectivity index (χ0v) is 23.2. The molecule has 1 aliphatic heterocycles. The summed E-state index contributed by atoms with van der Waals surface area (Å²) in [5.74, 6) is 2.69. The molecule has 28 heavy (non-hydrogen) atoms. The van der Waals surface area contributed by atoms with Crippen molar-refractivity contribution in [2.75, 3.05) is 37.0 Å². The molecule has 5 atom stereocenters. The summed E-state index contributed by atoms with van der Waals surface area (Å²) >= 11 is 0. The van der Waals surface area contributed by atoms with Gasteiger partial charge < -0.3 is 9.47 Å². The molecule has 1 saturated heterocycles. The van der Waals surface area contributed by atoms with Crippen molar-refractivity contribution in [1.29, 1.82) is 0 Å². The van der Waals surface area contributed by atoms with Crippen molar-refractivity contribution in [1.82, 2.24) is 0 Å². The van der Waals surface area contributed by atoms with E-state index < -0.39 is 20.7 Å². The van der Waals surface area contributed by atoms with Gasteiger partial charge in [-0.25, -0.2) is 0 Å². The molecule has 1 heterocycles. The molecule has 0 spiro atoms. The molecule has 168 valence electrons. The molecular weight excluding hydrogens is 401 g/mol. The quantitative estimate of drug-likeness (QED) is 0.331. The van der Waals surface area contributed by atoms with Gasteiger partial charge in [0.05, 0.1) is 11.4 Å². The largest absolute Gasteiger partial charge is 0.349 e. The van der Waals surface area contributed by atoms with E-state index in [0.717, 1.165) is 5.90 Å². The lowest BCUT2D eigenvalue weighted by Crippen LogP contribution is -2.36. The average Bonchev–Trinajstić information content (AvgIpc) is 2.76. The first-order valence-electron chi connectivity index (χ1n) is 10.9. The number of hydrogen-bond acceptors (Lipinski definition) is 2. The van der Waals surface area contributed by atoms with Crippen LogP contribution in [0.15, 0.2) is 0 Å². The Morgan fingerprint density at radius 3 is 1.82 bits per heavy atom. The van der Waals surface area contributed by atoms with Crippen LogP contribution >= 0.6 is 20.7 Å². The van der Waals surface area contributed by atoms with Crippen molar-refractivity contribution in [3.05, 3.63) is 0 Å². The van der Waals surface area contributed by atoms with Crippen molar-refractivity contribution in [2.24, 2.45) is 11.3 Å². The summed E-state index contributed by atoms with van der Waals surface area (Å²) in [6, 6.07) is 0. The highest BCUT2D eigenvalue weighted by Gasteiger charge is 2.50. The van der Waals surface area contributed by atoms with Gasteiger partial charge in [-0.1, -0.05) is 54.7 Å². The summed E-state index contributed by atoms with van der Waals surface area (Å²) in [6.07, 6.45) is 18.0. The lowest BCUT2D eigenvalue weighted by atomic mass is 9.78. The molecule has 0 amide bonds. The van der Waals surface area contributed by atoms with E-state index in [1.807, 2.05) is 0 Å². The van der Waals surface area contributed by atoms with E-state index in [4.69, 9.17) is 22.1 Å². The first-order valence-corrected chi connectivity index (χ1v) is 18.6. The van der Waals surface area contributed by atoms with Gasteiger partial charge in [0.15, 0.2) is 6.29 Å². The van der Waals surface area contributed by atoms with Crippen molar-refractivity contribution in [3.8, 4) is 0 Å². The van der Waals surface area contributed by atoms with Crippen LogP contribution in [0, 0.1) is 11.3 Å². The van der Waals surface area contributed by atoms with Gasteiger partial charge in [0.25, 0.3) is 0 Å². The smallest absolute Gasteiger partial charge is 0.162 e. The van der Waals surface area contributed by atoms with E-state index >= 15 is 0 Å². The highest BCUT2D eigenvalue weighted by atomic mass is 31.2. The second-order valence-electron chi connectivity index (χ2n) is 10.7. The average molecular weight is 451 g/mol. The first kappa shape index (κ1) is 26.9. The minimum absolute atomic E-state index is 0.121. The Kier molecular flexibility index (Phi) is 8.76. The first-order chi connectivity index (χ1) is 12.5. The molecule has 0 saturated carbocycles. The summed E-state index contributed by atoms with van der Waals surface area (Å²) < 4.78 is 13.2. The molecule has 5 heteroatoms. The third kappa shape index (κ3) is 5.74. The van der Waals surface area contributed by atoms with Gasteiger partial charge in [-0.2, -0.15) is 0 Å². The molecule has 0 aliphatic carbocycles. The predicted molar refractivity (Wildman–Crippen MR) is 142 cm³/mol. The maximum Gasteiger partial charge on any atom is 0.162 e. The SMILES string of the molecule is C=P(C)(CC)CP(=C)(CP(=C)(CC)CC)C(C)(C)O[C@H]1O[C@@H](C)C(C)(C)[C@@H]1C. The van der Waals surface area contributed by atoms with E-state index in [0.29, 0.717) is 5.92 Å². The highest BCUT2D eigenvalue weighted by Crippen LogP contribution is 2.73. The zero-order valence-electron chi connectivity index (χ0n) is 20.5. The van der Waals surface area contributed by atoms with Gasteiger partial charge in [-0.3, -0.25) is 0 Å². The fourth-order valence-corrected chi connectivity index (χ4v) is 20.8. The van der Waals surface area contributed by atoms with Gasteiger partial charge >= 0.3 is 0 Å². The second kappa shape index (κ2) is 9.13. The molecular formula is C23H49O2P3. The summed E-state index contributed by atoms with van der Waals surface area (Å²) in [5.41, 5.74) is 0.121. The van der Waals surface area contributed by atoms with Crippen LogP contribution in [0.3, 0.4) is 0 Å². The highest BCUT2D eigenvalue weighted by molar-refractivity contribution is 7.96. The van der Waals surface area contributed by atoms with Crippen LogP contribution in [-0.4, -0.2) is 73.6 Å². The Labute approximate surface area is 177 Å². The van der Waals surface area contributed by atoms with Gasteiger partial charge in [-0.15, -0.1) is 26.4 Å². The van der Waals surface area contributed by atoms with Crippen molar-refractivity contribution < 1.29 is 9.47 Å². The topological polar surface area (TPSA) is 18.5 Å². The normalized spacial score (nSPS) is 30.0. The van der Waals surface area contributed by atoms with Crippen molar-refractivity contribution in [3.63, 3.8) is 0 Å². The molecule has 0 aromatic carbocycles. The van der Waals surface area contributed by atoms with E-state index in [2.05, 4.69) is 75.3 Å². The van der Waals surface area contributed by atoms with Crippen molar-refractivity contribution in [2.45, 2.75) is 80.0 Å². The van der Waals surface area contributed by atoms with Gasteiger partial charge in [-0.05, 0) is 63.1 Å². The summed E-state index contributed by atoms with van der Waals surface area (Å²) in [7, 11) is 0. The van der Waals surface area contributed by atoms with E-state index in [1.165, 1.54) is 24.4 Å². The molecule has 1 aliphatic rings. The van der Waals surface area contributed by atoms with Crippen LogP contribution in [0.4, 0.5) is 0 Å². The van der Waals surface area contributed by atoms with Crippen molar-refractivity contribution >= 4 is 39.6 Å². The van der Waals surface area contributed by atoms with Crippen LogP contribution in [0.1, 0.15) is 62.3 Å². The Hall–Kier alpha value is 0.820. The van der Waals surface area contributed by atoms with Crippen LogP contribution in [0.5, 0.6) is 0 Å². The van der Waals surface area contributed by atoms with Gasteiger partial charge in [0.1, 0.15) is 0 Å². The summed E-state index contributed by atoms with van der Waals surface area (Å²) in [5, 5.41) is -0.284. The Balaban J connectivity index is 3.29. The summed E-state index contributed by atoms with van der Waals surface area (Å²) in [6.45, 7) is 18.7. The maximum atomic E-state index is 6.85.